The molecule has 0 bridgehead atoms. The Bertz CT molecular complexity index is 451. The Morgan fingerprint density at radius 2 is 1.94 bits per heavy atom. The first-order chi connectivity index (χ1) is 7.63. The summed E-state index contributed by atoms with van der Waals surface area (Å²) in [5.41, 5.74) is 8.03. The van der Waals surface area contributed by atoms with Crippen molar-refractivity contribution in [3.8, 4) is 0 Å². The normalized spacial score (nSPS) is 16.4. The van der Waals surface area contributed by atoms with E-state index in [4.69, 9.17) is 5.73 Å². The zero-order chi connectivity index (χ0) is 11.7. The third kappa shape index (κ3) is 1.78. The molecule has 1 aliphatic rings. The molecule has 84 valence electrons. The van der Waals surface area contributed by atoms with Gasteiger partial charge in [0.2, 0.25) is 0 Å². The van der Waals surface area contributed by atoms with E-state index in [9.17, 15) is 9.59 Å². The molecule has 0 fully saturated rings. The number of ketones is 2. The summed E-state index contributed by atoms with van der Waals surface area (Å²) in [6, 6.07) is 5.32. The van der Waals surface area contributed by atoms with Crippen LogP contribution in [-0.4, -0.2) is 11.6 Å². The van der Waals surface area contributed by atoms with Gasteiger partial charge in [0.15, 0.2) is 11.6 Å². The van der Waals surface area contributed by atoms with Crippen LogP contribution in [-0.2, 0) is 0 Å². The van der Waals surface area contributed by atoms with Crippen molar-refractivity contribution >= 4 is 11.6 Å². The molecule has 16 heavy (non-hydrogen) atoms. The van der Waals surface area contributed by atoms with Crippen molar-refractivity contribution in [2.75, 3.05) is 0 Å². The van der Waals surface area contributed by atoms with E-state index in [1.54, 1.807) is 12.1 Å². The van der Waals surface area contributed by atoms with Crippen LogP contribution in [0.3, 0.4) is 0 Å². The van der Waals surface area contributed by atoms with Crippen LogP contribution in [0.15, 0.2) is 18.2 Å². The van der Waals surface area contributed by atoms with Crippen LogP contribution in [0, 0.1) is 0 Å². The maximum atomic E-state index is 11.5. The number of carbonyl (C=O) groups excluding carboxylic acids is 2. The van der Waals surface area contributed by atoms with Gasteiger partial charge in [0.05, 0.1) is 6.42 Å². The maximum Gasteiger partial charge on any atom is 0.171 e. The van der Waals surface area contributed by atoms with Crippen LogP contribution in [0.1, 0.15) is 58.5 Å². The van der Waals surface area contributed by atoms with Crippen LogP contribution >= 0.6 is 0 Å². The standard InChI is InChI=1S/C13H15NO2/c1-2-3-11(14)8-4-5-9-10(6-8)13(16)7-12(9)15/h4-6,11H,2-3,7,14H2,1H3. The Labute approximate surface area is 94.6 Å². The zero-order valence-corrected chi connectivity index (χ0v) is 9.32. The summed E-state index contributed by atoms with van der Waals surface area (Å²) in [5.74, 6) is -0.152. The smallest absolute Gasteiger partial charge is 0.171 e. The number of hydrogen-bond donors (Lipinski definition) is 1. The fraction of sp³-hybridized carbons (Fsp3) is 0.385. The van der Waals surface area contributed by atoms with Crippen molar-refractivity contribution in [1.29, 1.82) is 0 Å². The monoisotopic (exact) mass is 217 g/mol. The fourth-order valence-corrected chi connectivity index (χ4v) is 2.08. The van der Waals surface area contributed by atoms with Crippen molar-refractivity contribution in [3.63, 3.8) is 0 Å². The lowest BCUT2D eigenvalue weighted by atomic mass is 9.98. The summed E-state index contributed by atoms with van der Waals surface area (Å²) in [6.45, 7) is 2.07. The SMILES string of the molecule is CCCC(N)c1ccc2c(c1)C(=O)CC2=O. The molecule has 3 nitrogen and oxygen atoms in total. The molecule has 1 atom stereocenters. The van der Waals surface area contributed by atoms with Crippen LogP contribution < -0.4 is 5.73 Å². The number of fused-ring (bicyclic) bond motifs is 1. The molecule has 0 saturated carbocycles. The Balaban J connectivity index is 2.36. The van der Waals surface area contributed by atoms with Gasteiger partial charge in [-0.3, -0.25) is 9.59 Å². The first-order valence-electron chi connectivity index (χ1n) is 5.59. The topological polar surface area (TPSA) is 60.2 Å². The Hall–Kier alpha value is -1.48. The van der Waals surface area contributed by atoms with E-state index in [0.717, 1.165) is 18.4 Å². The second-order valence-electron chi connectivity index (χ2n) is 4.22. The zero-order valence-electron chi connectivity index (χ0n) is 9.32. The Morgan fingerprint density at radius 3 is 2.62 bits per heavy atom. The quantitative estimate of drug-likeness (QED) is 0.790. The van der Waals surface area contributed by atoms with E-state index >= 15 is 0 Å². The number of nitrogens with two attached hydrogens (primary N) is 1. The van der Waals surface area contributed by atoms with E-state index in [2.05, 4.69) is 6.92 Å². The molecular formula is C13H15NO2. The molecule has 0 radical (unpaired) electrons. The Morgan fingerprint density at radius 1 is 1.25 bits per heavy atom. The summed E-state index contributed by atoms with van der Waals surface area (Å²) >= 11 is 0. The molecule has 1 aliphatic carbocycles. The third-order valence-electron chi connectivity index (χ3n) is 2.99. The lowest BCUT2D eigenvalue weighted by molar-refractivity contribution is 0.0923. The first-order valence-corrected chi connectivity index (χ1v) is 5.59. The predicted octanol–water partition coefficient (Wildman–Crippen LogP) is 2.26. The largest absolute Gasteiger partial charge is 0.324 e. The van der Waals surface area contributed by atoms with Crippen LogP contribution in [0.2, 0.25) is 0 Å². The van der Waals surface area contributed by atoms with Gasteiger partial charge in [-0.2, -0.15) is 0 Å². The molecule has 1 aromatic rings. The number of benzene rings is 1. The van der Waals surface area contributed by atoms with E-state index in [0.29, 0.717) is 11.1 Å². The van der Waals surface area contributed by atoms with Crippen LogP contribution in [0.4, 0.5) is 0 Å². The summed E-state index contributed by atoms with van der Waals surface area (Å²) < 4.78 is 0. The van der Waals surface area contributed by atoms with Gasteiger partial charge >= 0.3 is 0 Å². The van der Waals surface area contributed by atoms with Gasteiger partial charge in [-0.25, -0.2) is 0 Å². The van der Waals surface area contributed by atoms with Crippen molar-refractivity contribution in [1.82, 2.24) is 0 Å². The van der Waals surface area contributed by atoms with Gasteiger partial charge in [-0.1, -0.05) is 25.5 Å². The summed E-state index contributed by atoms with van der Waals surface area (Å²) in [5, 5.41) is 0. The summed E-state index contributed by atoms with van der Waals surface area (Å²) in [6.07, 6.45) is 1.91. The van der Waals surface area contributed by atoms with Crippen molar-refractivity contribution in [2.24, 2.45) is 5.73 Å². The van der Waals surface area contributed by atoms with Crippen molar-refractivity contribution in [3.05, 3.63) is 34.9 Å². The van der Waals surface area contributed by atoms with Gasteiger partial charge < -0.3 is 5.73 Å². The highest BCUT2D eigenvalue weighted by Crippen LogP contribution is 2.26. The van der Waals surface area contributed by atoms with Gasteiger partial charge in [0, 0.05) is 17.2 Å². The molecule has 0 aromatic heterocycles. The number of hydrogen-bond acceptors (Lipinski definition) is 3. The molecule has 0 amide bonds. The minimum Gasteiger partial charge on any atom is -0.324 e. The number of Topliss-reactive ketones (excluding diaryl/α,β-unsaturated/α-hetero) is 2. The lowest BCUT2D eigenvalue weighted by Crippen LogP contribution is -2.10. The van der Waals surface area contributed by atoms with Gasteiger partial charge in [0.25, 0.3) is 0 Å². The predicted molar refractivity (Wildman–Crippen MR) is 61.6 cm³/mol. The van der Waals surface area contributed by atoms with Crippen LogP contribution in [0.25, 0.3) is 0 Å². The average Bonchev–Trinajstić information content (AvgIpc) is 2.55. The van der Waals surface area contributed by atoms with E-state index in [1.165, 1.54) is 0 Å². The van der Waals surface area contributed by atoms with Gasteiger partial charge in [-0.05, 0) is 18.1 Å². The molecule has 2 rings (SSSR count). The van der Waals surface area contributed by atoms with E-state index < -0.39 is 0 Å². The minimum absolute atomic E-state index is 0.0157. The molecule has 0 heterocycles. The summed E-state index contributed by atoms with van der Waals surface area (Å²) in [4.78, 5) is 23.0. The maximum absolute atomic E-state index is 11.5. The first kappa shape index (κ1) is 11.0. The lowest BCUT2D eigenvalue weighted by Gasteiger charge is -2.11. The number of carbonyl (C=O) groups is 2. The van der Waals surface area contributed by atoms with Gasteiger partial charge in [0.1, 0.15) is 0 Å². The van der Waals surface area contributed by atoms with Crippen molar-refractivity contribution < 1.29 is 9.59 Å². The minimum atomic E-state index is -0.0782. The molecular weight excluding hydrogens is 202 g/mol. The Kier molecular flexibility index (Phi) is 2.88. The second kappa shape index (κ2) is 4.18. The second-order valence-corrected chi connectivity index (χ2v) is 4.22. The molecule has 0 spiro atoms. The highest BCUT2D eigenvalue weighted by atomic mass is 16.2. The average molecular weight is 217 g/mol. The van der Waals surface area contributed by atoms with E-state index in [-0.39, 0.29) is 24.0 Å². The molecule has 1 aromatic carbocycles. The molecule has 0 aliphatic heterocycles. The highest BCUT2D eigenvalue weighted by Gasteiger charge is 2.27. The molecule has 2 N–H and O–H groups in total. The molecule has 3 heteroatoms. The third-order valence-corrected chi connectivity index (χ3v) is 2.99. The molecule has 0 saturated heterocycles. The van der Waals surface area contributed by atoms with Crippen molar-refractivity contribution in [2.45, 2.75) is 32.2 Å². The highest BCUT2D eigenvalue weighted by molar-refractivity contribution is 6.24. The fourth-order valence-electron chi connectivity index (χ4n) is 2.08. The van der Waals surface area contributed by atoms with Crippen LogP contribution in [0.5, 0.6) is 0 Å². The molecule has 1 unspecified atom stereocenters. The summed E-state index contributed by atoms with van der Waals surface area (Å²) in [7, 11) is 0. The number of rotatable bonds is 3. The van der Waals surface area contributed by atoms with E-state index in [1.807, 2.05) is 6.07 Å². The van der Waals surface area contributed by atoms with Gasteiger partial charge in [-0.15, -0.1) is 0 Å².